The van der Waals surface area contributed by atoms with Crippen LogP contribution in [-0.2, 0) is 4.79 Å². The number of halogens is 1. The minimum absolute atomic E-state index is 0.0739. The maximum absolute atomic E-state index is 13.6. The molecule has 1 amide bonds. The number of amides is 1. The summed E-state index contributed by atoms with van der Waals surface area (Å²) in [5.74, 6) is -0.469. The largest absolute Gasteiger partial charge is 0.399 e. The third-order valence-electron chi connectivity index (χ3n) is 2.79. The zero-order valence-electron chi connectivity index (χ0n) is 12.4. The van der Waals surface area contributed by atoms with E-state index in [1.54, 1.807) is 0 Å². The molecule has 1 rings (SSSR count). The van der Waals surface area contributed by atoms with Gasteiger partial charge in [0.15, 0.2) is 0 Å². The third kappa shape index (κ3) is 6.23. The second-order valence-corrected chi connectivity index (χ2v) is 5.32. The summed E-state index contributed by atoms with van der Waals surface area (Å²) < 4.78 is 13.6. The predicted molar refractivity (Wildman–Crippen MR) is 81.0 cm³/mol. The molecule has 1 aromatic carbocycles. The average Bonchev–Trinajstić information content (AvgIpc) is 2.39. The molecule has 0 saturated carbocycles. The minimum atomic E-state index is -0.523. The zero-order valence-corrected chi connectivity index (χ0v) is 12.4. The Kier molecular flexibility index (Phi) is 6.63. The first-order chi connectivity index (χ1) is 9.92. The third-order valence-corrected chi connectivity index (χ3v) is 2.79. The molecule has 3 N–H and O–H groups in total. The molecule has 114 valence electrons. The lowest BCUT2D eigenvalue weighted by Crippen LogP contribution is -2.36. The van der Waals surface area contributed by atoms with Gasteiger partial charge in [-0.3, -0.25) is 9.69 Å². The fraction of sp³-hybridized carbons (Fsp3) is 0.467. The number of carbonyl (C=O) groups is 1. The van der Waals surface area contributed by atoms with Gasteiger partial charge in [0.1, 0.15) is 5.82 Å². The Labute approximate surface area is 124 Å². The Morgan fingerprint density at radius 1 is 1.52 bits per heavy atom. The summed E-state index contributed by atoms with van der Waals surface area (Å²) in [7, 11) is 0. The van der Waals surface area contributed by atoms with E-state index in [9.17, 15) is 9.18 Å². The highest BCUT2D eigenvalue weighted by molar-refractivity contribution is 5.92. The van der Waals surface area contributed by atoms with Gasteiger partial charge in [0.05, 0.1) is 18.3 Å². The van der Waals surface area contributed by atoms with Crippen molar-refractivity contribution in [3.05, 3.63) is 24.0 Å². The number of hydrogen-bond donors (Lipinski definition) is 2. The van der Waals surface area contributed by atoms with Crippen LogP contribution in [0.1, 0.15) is 20.3 Å². The number of rotatable bonds is 7. The number of nitrogen functional groups attached to an aromatic ring is 1. The van der Waals surface area contributed by atoms with Crippen LogP contribution in [0.4, 0.5) is 15.8 Å². The molecule has 0 fully saturated rings. The van der Waals surface area contributed by atoms with E-state index >= 15 is 0 Å². The van der Waals surface area contributed by atoms with Crippen molar-refractivity contribution in [2.45, 2.75) is 20.3 Å². The summed E-state index contributed by atoms with van der Waals surface area (Å²) in [5, 5.41) is 11.2. The van der Waals surface area contributed by atoms with Gasteiger partial charge < -0.3 is 11.1 Å². The van der Waals surface area contributed by atoms with E-state index in [0.29, 0.717) is 31.1 Å². The van der Waals surface area contributed by atoms with Crippen LogP contribution in [0.15, 0.2) is 18.2 Å². The number of hydrogen-bond acceptors (Lipinski definition) is 4. The van der Waals surface area contributed by atoms with Crippen LogP contribution in [-0.4, -0.2) is 30.4 Å². The Morgan fingerprint density at radius 3 is 2.86 bits per heavy atom. The normalized spacial score (nSPS) is 10.7. The quantitative estimate of drug-likeness (QED) is 0.755. The minimum Gasteiger partial charge on any atom is -0.399 e. The molecule has 0 heterocycles. The van der Waals surface area contributed by atoms with Crippen LogP contribution >= 0.6 is 0 Å². The van der Waals surface area contributed by atoms with Gasteiger partial charge in [-0.1, -0.05) is 13.8 Å². The van der Waals surface area contributed by atoms with E-state index in [1.807, 2.05) is 18.7 Å². The number of anilines is 2. The number of nitriles is 1. The molecule has 0 unspecified atom stereocenters. The van der Waals surface area contributed by atoms with Crippen LogP contribution in [0.3, 0.4) is 0 Å². The SMILES string of the molecule is CC(C)CN(CCC#N)CC(=O)Nc1cc(N)ccc1F. The topological polar surface area (TPSA) is 82.2 Å². The molecule has 0 aliphatic heterocycles. The van der Waals surface area contributed by atoms with Gasteiger partial charge in [-0.25, -0.2) is 4.39 Å². The fourth-order valence-corrected chi connectivity index (χ4v) is 1.99. The molecular weight excluding hydrogens is 271 g/mol. The Morgan fingerprint density at radius 2 is 2.24 bits per heavy atom. The first-order valence-corrected chi connectivity index (χ1v) is 6.86. The van der Waals surface area contributed by atoms with Gasteiger partial charge in [-0.15, -0.1) is 0 Å². The van der Waals surface area contributed by atoms with Gasteiger partial charge in [0.2, 0.25) is 5.91 Å². The molecule has 5 nitrogen and oxygen atoms in total. The number of carbonyl (C=O) groups excluding carboxylic acids is 1. The molecule has 6 heteroatoms. The number of nitrogens with two attached hydrogens (primary N) is 1. The van der Waals surface area contributed by atoms with Crippen LogP contribution in [0.2, 0.25) is 0 Å². The summed E-state index contributed by atoms with van der Waals surface area (Å²) in [6, 6.07) is 6.09. The van der Waals surface area contributed by atoms with E-state index in [1.165, 1.54) is 18.2 Å². The molecule has 0 radical (unpaired) electrons. The summed E-state index contributed by atoms with van der Waals surface area (Å²) in [4.78, 5) is 13.9. The van der Waals surface area contributed by atoms with Crippen molar-refractivity contribution >= 4 is 17.3 Å². The van der Waals surface area contributed by atoms with E-state index < -0.39 is 5.82 Å². The predicted octanol–water partition coefficient (Wildman–Crippen LogP) is 2.22. The maximum atomic E-state index is 13.6. The zero-order chi connectivity index (χ0) is 15.8. The molecule has 0 bridgehead atoms. The summed E-state index contributed by atoms with van der Waals surface area (Å²) in [5.41, 5.74) is 6.03. The smallest absolute Gasteiger partial charge is 0.238 e. The van der Waals surface area contributed by atoms with Crippen LogP contribution in [0.5, 0.6) is 0 Å². The lowest BCUT2D eigenvalue weighted by molar-refractivity contribution is -0.117. The van der Waals surface area contributed by atoms with Crippen LogP contribution in [0, 0.1) is 23.1 Å². The lowest BCUT2D eigenvalue weighted by Gasteiger charge is -2.22. The van der Waals surface area contributed by atoms with E-state index in [4.69, 9.17) is 11.0 Å². The molecule has 0 spiro atoms. The fourth-order valence-electron chi connectivity index (χ4n) is 1.99. The van der Waals surface area contributed by atoms with E-state index in [0.717, 1.165) is 0 Å². The molecule has 21 heavy (non-hydrogen) atoms. The second kappa shape index (κ2) is 8.22. The van der Waals surface area contributed by atoms with Crippen molar-refractivity contribution in [1.29, 1.82) is 5.26 Å². The molecule has 0 atom stereocenters. The van der Waals surface area contributed by atoms with Crippen molar-refractivity contribution in [3.63, 3.8) is 0 Å². The average molecular weight is 292 g/mol. The first kappa shape index (κ1) is 16.9. The Hall–Kier alpha value is -2.13. The highest BCUT2D eigenvalue weighted by Crippen LogP contribution is 2.17. The Bertz CT molecular complexity index is 525. The number of nitrogens with zero attached hydrogens (tertiary/aromatic N) is 2. The van der Waals surface area contributed by atoms with Gasteiger partial charge in [-0.05, 0) is 24.1 Å². The van der Waals surface area contributed by atoms with Gasteiger partial charge in [0.25, 0.3) is 0 Å². The molecule has 0 aliphatic rings. The molecule has 0 aromatic heterocycles. The molecular formula is C15H21FN4O. The van der Waals surface area contributed by atoms with Crippen molar-refractivity contribution in [1.82, 2.24) is 4.90 Å². The maximum Gasteiger partial charge on any atom is 0.238 e. The number of nitrogens with one attached hydrogen (secondary N) is 1. The van der Waals surface area contributed by atoms with E-state index in [2.05, 4.69) is 11.4 Å². The Balaban J connectivity index is 2.64. The summed E-state index contributed by atoms with van der Waals surface area (Å²) in [6.07, 6.45) is 0.354. The van der Waals surface area contributed by atoms with Crippen LogP contribution < -0.4 is 11.1 Å². The van der Waals surface area contributed by atoms with Gasteiger partial charge >= 0.3 is 0 Å². The van der Waals surface area contributed by atoms with Crippen molar-refractivity contribution in [2.75, 3.05) is 30.7 Å². The monoisotopic (exact) mass is 292 g/mol. The summed E-state index contributed by atoms with van der Waals surface area (Å²) >= 11 is 0. The molecule has 1 aromatic rings. The van der Waals surface area contributed by atoms with Gasteiger partial charge in [-0.2, -0.15) is 5.26 Å². The standard InChI is InChI=1S/C15H21FN4O/c1-11(2)9-20(7-3-6-17)10-15(21)19-14-8-12(18)4-5-13(14)16/h4-5,8,11H,3,7,9-10,18H2,1-2H3,(H,19,21). The first-order valence-electron chi connectivity index (χ1n) is 6.86. The van der Waals surface area contributed by atoms with Crippen molar-refractivity contribution in [3.8, 4) is 6.07 Å². The molecule has 0 aliphatic carbocycles. The van der Waals surface area contributed by atoms with Crippen molar-refractivity contribution in [2.24, 2.45) is 5.92 Å². The van der Waals surface area contributed by atoms with Crippen molar-refractivity contribution < 1.29 is 9.18 Å². The van der Waals surface area contributed by atoms with E-state index in [-0.39, 0.29) is 18.1 Å². The lowest BCUT2D eigenvalue weighted by atomic mass is 10.2. The van der Waals surface area contributed by atoms with Crippen LogP contribution in [0.25, 0.3) is 0 Å². The van der Waals surface area contributed by atoms with Gasteiger partial charge in [0, 0.05) is 25.2 Å². The summed E-state index contributed by atoms with van der Waals surface area (Å²) in [6.45, 7) is 5.41. The highest BCUT2D eigenvalue weighted by Gasteiger charge is 2.13. The second-order valence-electron chi connectivity index (χ2n) is 5.32. The highest BCUT2D eigenvalue weighted by atomic mass is 19.1. The number of benzene rings is 1. The molecule has 0 saturated heterocycles.